The van der Waals surface area contributed by atoms with E-state index in [0.717, 1.165) is 17.1 Å². The van der Waals surface area contributed by atoms with Gasteiger partial charge in [0, 0.05) is 37.2 Å². The van der Waals surface area contributed by atoms with E-state index in [4.69, 9.17) is 0 Å². The molecule has 0 bridgehead atoms. The van der Waals surface area contributed by atoms with Crippen LogP contribution in [0.2, 0.25) is 0 Å². The van der Waals surface area contributed by atoms with Gasteiger partial charge in [-0.15, -0.1) is 11.3 Å². The normalized spacial score (nSPS) is 11.3. The highest BCUT2D eigenvalue weighted by molar-refractivity contribution is 7.25. The van der Waals surface area contributed by atoms with Crippen LogP contribution in [0.3, 0.4) is 0 Å². The van der Waals surface area contributed by atoms with Crippen LogP contribution in [0.4, 0.5) is 17.1 Å². The molecule has 2 heteroatoms. The Balaban J connectivity index is 1.03. The van der Waals surface area contributed by atoms with Gasteiger partial charge in [0.15, 0.2) is 0 Å². The fourth-order valence-electron chi connectivity index (χ4n) is 8.66. The Morgan fingerprint density at radius 2 is 0.733 bits per heavy atom. The lowest BCUT2D eigenvalue weighted by Gasteiger charge is -2.26. The minimum absolute atomic E-state index is 1.10. The minimum Gasteiger partial charge on any atom is -0.310 e. The van der Waals surface area contributed by atoms with Gasteiger partial charge in [-0.1, -0.05) is 164 Å². The Hall–Kier alpha value is -7.52. The van der Waals surface area contributed by atoms with E-state index in [-0.39, 0.29) is 0 Å². The maximum Gasteiger partial charge on any atom is 0.0468 e. The zero-order valence-corrected chi connectivity index (χ0v) is 33.7. The van der Waals surface area contributed by atoms with Crippen molar-refractivity contribution in [1.29, 1.82) is 0 Å². The van der Waals surface area contributed by atoms with Gasteiger partial charge in [0.25, 0.3) is 0 Å². The van der Waals surface area contributed by atoms with E-state index in [1.807, 2.05) is 11.3 Å². The second-order valence-corrected chi connectivity index (χ2v) is 16.4. The molecule has 282 valence electrons. The van der Waals surface area contributed by atoms with Crippen molar-refractivity contribution in [2.45, 2.75) is 0 Å². The molecule has 1 nitrogen and oxygen atoms in total. The summed E-state index contributed by atoms with van der Waals surface area (Å²) in [5, 5.41) is 5.08. The van der Waals surface area contributed by atoms with Gasteiger partial charge in [0.05, 0.1) is 0 Å². The molecule has 0 amide bonds. The first kappa shape index (κ1) is 35.6. The van der Waals surface area contributed by atoms with Crippen LogP contribution in [0.25, 0.3) is 86.6 Å². The Morgan fingerprint density at radius 3 is 1.47 bits per heavy atom. The zero-order chi connectivity index (χ0) is 39.8. The van der Waals surface area contributed by atoms with Crippen LogP contribution in [-0.4, -0.2) is 0 Å². The van der Waals surface area contributed by atoms with Crippen LogP contribution in [0.15, 0.2) is 237 Å². The number of thiophene rings is 1. The molecule has 0 fully saturated rings. The molecular formula is C58H39NS. The lowest BCUT2D eigenvalue weighted by Crippen LogP contribution is -2.10. The summed E-state index contributed by atoms with van der Waals surface area (Å²) >= 11 is 1.85. The SMILES string of the molecule is c1ccc(-c2cc(-c3ccccc3)cc(-c3ccc(N(c4cccc(-c5cccc(-c6cccc7ccccc67)c5)c4)c4ccc5sc6ccccc6c5c4)cc3)c2)cc1. The van der Waals surface area contributed by atoms with E-state index in [1.165, 1.54) is 86.6 Å². The molecule has 11 rings (SSSR count). The molecule has 0 saturated heterocycles. The van der Waals surface area contributed by atoms with E-state index < -0.39 is 0 Å². The molecule has 60 heavy (non-hydrogen) atoms. The highest BCUT2D eigenvalue weighted by Gasteiger charge is 2.17. The molecule has 0 aliphatic rings. The standard InChI is InChI=1S/C58H39NS/c1-3-14-40(15-4-1)47-35-48(41-16-5-2-6-17-41)37-49(36-47)42-28-30-50(31-29-42)59(52-32-33-58-56(39-52)55-25-9-10-27-57(55)60-58)51-23-12-21-45(38-51)44-20-11-22-46(34-44)54-26-13-19-43-18-7-8-24-53(43)54/h1-39H. The highest BCUT2D eigenvalue weighted by Crippen LogP contribution is 2.43. The summed E-state index contributed by atoms with van der Waals surface area (Å²) < 4.78 is 2.60. The Bertz CT molecular complexity index is 3250. The van der Waals surface area contributed by atoms with Crippen LogP contribution in [0.5, 0.6) is 0 Å². The molecule has 0 aliphatic heterocycles. The molecular weight excluding hydrogens is 743 g/mol. The number of hydrogen-bond acceptors (Lipinski definition) is 2. The van der Waals surface area contributed by atoms with Crippen molar-refractivity contribution in [2.75, 3.05) is 4.90 Å². The third kappa shape index (κ3) is 6.73. The molecule has 0 saturated carbocycles. The lowest BCUT2D eigenvalue weighted by molar-refractivity contribution is 1.29. The van der Waals surface area contributed by atoms with E-state index in [1.54, 1.807) is 0 Å². The molecule has 11 aromatic rings. The molecule has 10 aromatic carbocycles. The number of anilines is 3. The van der Waals surface area contributed by atoms with E-state index in [0.29, 0.717) is 0 Å². The molecule has 0 radical (unpaired) electrons. The number of rotatable bonds is 8. The molecule has 0 spiro atoms. The molecule has 0 unspecified atom stereocenters. The highest BCUT2D eigenvalue weighted by atomic mass is 32.1. The van der Waals surface area contributed by atoms with Gasteiger partial charge in [-0.25, -0.2) is 0 Å². The van der Waals surface area contributed by atoms with Crippen LogP contribution < -0.4 is 4.90 Å². The van der Waals surface area contributed by atoms with Gasteiger partial charge in [0.1, 0.15) is 0 Å². The molecule has 0 N–H and O–H groups in total. The topological polar surface area (TPSA) is 3.24 Å². The van der Waals surface area contributed by atoms with Gasteiger partial charge in [0.2, 0.25) is 0 Å². The summed E-state index contributed by atoms with van der Waals surface area (Å²) in [7, 11) is 0. The summed E-state index contributed by atoms with van der Waals surface area (Å²) in [6.07, 6.45) is 0. The zero-order valence-electron chi connectivity index (χ0n) is 32.9. The smallest absolute Gasteiger partial charge is 0.0468 e. The van der Waals surface area contributed by atoms with Crippen LogP contribution in [0, 0.1) is 0 Å². The summed E-state index contributed by atoms with van der Waals surface area (Å²) in [6.45, 7) is 0. The molecule has 0 aliphatic carbocycles. The number of benzene rings is 10. The first-order chi connectivity index (χ1) is 29.7. The molecule has 1 heterocycles. The van der Waals surface area contributed by atoms with Crippen molar-refractivity contribution < 1.29 is 0 Å². The fraction of sp³-hybridized carbons (Fsp3) is 0. The second kappa shape index (κ2) is 15.3. The Morgan fingerprint density at radius 1 is 0.250 bits per heavy atom. The third-order valence-electron chi connectivity index (χ3n) is 11.6. The Labute approximate surface area is 354 Å². The van der Waals surface area contributed by atoms with Crippen molar-refractivity contribution in [2.24, 2.45) is 0 Å². The van der Waals surface area contributed by atoms with E-state index >= 15 is 0 Å². The van der Waals surface area contributed by atoms with Crippen molar-refractivity contribution in [3.8, 4) is 55.6 Å². The second-order valence-electron chi connectivity index (χ2n) is 15.3. The first-order valence-corrected chi connectivity index (χ1v) is 21.3. The summed E-state index contributed by atoms with van der Waals surface area (Å²) in [5.41, 5.74) is 15.3. The summed E-state index contributed by atoms with van der Waals surface area (Å²) in [6, 6.07) is 86.2. The van der Waals surface area contributed by atoms with Gasteiger partial charge in [-0.2, -0.15) is 0 Å². The summed E-state index contributed by atoms with van der Waals surface area (Å²) in [5.74, 6) is 0. The maximum absolute atomic E-state index is 2.41. The van der Waals surface area contributed by atoms with Crippen molar-refractivity contribution in [3.63, 3.8) is 0 Å². The maximum atomic E-state index is 2.41. The quantitative estimate of drug-likeness (QED) is 0.148. The van der Waals surface area contributed by atoms with Crippen LogP contribution in [-0.2, 0) is 0 Å². The van der Waals surface area contributed by atoms with Gasteiger partial charge >= 0.3 is 0 Å². The van der Waals surface area contributed by atoms with Crippen LogP contribution >= 0.6 is 11.3 Å². The molecule has 1 aromatic heterocycles. The first-order valence-electron chi connectivity index (χ1n) is 20.5. The van der Waals surface area contributed by atoms with E-state index in [2.05, 4.69) is 241 Å². The fourth-order valence-corrected chi connectivity index (χ4v) is 9.75. The van der Waals surface area contributed by atoms with Gasteiger partial charge in [-0.3, -0.25) is 0 Å². The predicted octanol–water partition coefficient (Wildman–Crippen LogP) is 17.0. The predicted molar refractivity (Wildman–Crippen MR) is 259 cm³/mol. The number of fused-ring (bicyclic) bond motifs is 4. The average Bonchev–Trinajstić information content (AvgIpc) is 3.70. The van der Waals surface area contributed by atoms with Crippen LogP contribution in [0.1, 0.15) is 0 Å². The number of hydrogen-bond donors (Lipinski definition) is 0. The average molecular weight is 782 g/mol. The lowest BCUT2D eigenvalue weighted by atomic mass is 9.93. The van der Waals surface area contributed by atoms with Crippen molar-refractivity contribution in [1.82, 2.24) is 0 Å². The van der Waals surface area contributed by atoms with Crippen molar-refractivity contribution in [3.05, 3.63) is 237 Å². The summed E-state index contributed by atoms with van der Waals surface area (Å²) in [4.78, 5) is 2.41. The van der Waals surface area contributed by atoms with E-state index in [9.17, 15) is 0 Å². The van der Waals surface area contributed by atoms with Gasteiger partial charge in [-0.05, 0) is 139 Å². The minimum atomic E-state index is 1.10. The largest absolute Gasteiger partial charge is 0.310 e. The number of nitrogens with zero attached hydrogens (tertiary/aromatic N) is 1. The van der Waals surface area contributed by atoms with Gasteiger partial charge < -0.3 is 4.90 Å². The third-order valence-corrected chi connectivity index (χ3v) is 12.8. The Kier molecular flexibility index (Phi) is 9.11. The monoisotopic (exact) mass is 781 g/mol. The molecule has 0 atom stereocenters. The van der Waals surface area contributed by atoms with Crippen molar-refractivity contribution >= 4 is 59.3 Å².